The third-order valence-electron chi connectivity index (χ3n) is 3.29. The molecule has 0 saturated carbocycles. The highest BCUT2D eigenvalue weighted by Crippen LogP contribution is 2.24. The van der Waals surface area contributed by atoms with E-state index in [9.17, 15) is 0 Å². The van der Waals surface area contributed by atoms with Gasteiger partial charge in [0.25, 0.3) is 0 Å². The molecule has 0 bridgehead atoms. The predicted octanol–water partition coefficient (Wildman–Crippen LogP) is 4.01. The number of thiazole rings is 1. The molecule has 1 aliphatic heterocycles. The van der Waals surface area contributed by atoms with E-state index in [2.05, 4.69) is 39.5 Å². The lowest BCUT2D eigenvalue weighted by molar-refractivity contribution is 0.949. The summed E-state index contributed by atoms with van der Waals surface area (Å²) in [6.07, 6.45) is 4.30. The second kappa shape index (κ2) is 5.80. The average molecular weight is 294 g/mol. The summed E-state index contributed by atoms with van der Waals surface area (Å²) in [6, 6.07) is 8.58. The number of nitrogens with zero attached hydrogens (tertiary/aromatic N) is 2. The smallest absolute Gasteiger partial charge is 0.113 e. The Balaban J connectivity index is 1.65. The first-order chi connectivity index (χ1) is 9.31. The van der Waals surface area contributed by atoms with Gasteiger partial charge in [-0.15, -0.1) is 11.3 Å². The minimum absolute atomic E-state index is 0.723. The van der Waals surface area contributed by atoms with Gasteiger partial charge >= 0.3 is 0 Å². The van der Waals surface area contributed by atoms with E-state index in [1.807, 2.05) is 0 Å². The fraction of sp³-hybridized carbons (Fsp3) is 0.357. The Hall–Kier alpha value is -1.26. The van der Waals surface area contributed by atoms with Crippen molar-refractivity contribution in [1.82, 2.24) is 4.98 Å². The van der Waals surface area contributed by atoms with Crippen molar-refractivity contribution in [3.63, 3.8) is 0 Å². The minimum atomic E-state index is 0.723. The number of halogens is 1. The maximum Gasteiger partial charge on any atom is 0.113 e. The van der Waals surface area contributed by atoms with Crippen LogP contribution in [0.5, 0.6) is 0 Å². The molecular formula is C14H16ClN3S. The second-order valence-corrected chi connectivity index (χ2v) is 6.40. The van der Waals surface area contributed by atoms with E-state index >= 15 is 0 Å². The van der Waals surface area contributed by atoms with E-state index in [1.54, 1.807) is 6.20 Å². The molecule has 0 unspecified atom stereocenters. The summed E-state index contributed by atoms with van der Waals surface area (Å²) in [4.78, 5) is 6.68. The maximum absolute atomic E-state index is 5.88. The van der Waals surface area contributed by atoms with Gasteiger partial charge in [0.15, 0.2) is 0 Å². The van der Waals surface area contributed by atoms with Crippen LogP contribution in [0.2, 0.25) is 4.34 Å². The number of anilines is 2. The molecule has 1 fully saturated rings. The largest absolute Gasteiger partial charge is 0.378 e. The van der Waals surface area contributed by atoms with Crippen molar-refractivity contribution in [2.24, 2.45) is 0 Å². The van der Waals surface area contributed by atoms with Crippen LogP contribution in [-0.4, -0.2) is 18.1 Å². The third kappa shape index (κ3) is 3.19. The van der Waals surface area contributed by atoms with Gasteiger partial charge in [-0.2, -0.15) is 0 Å². The topological polar surface area (TPSA) is 28.2 Å². The van der Waals surface area contributed by atoms with Gasteiger partial charge in [0.1, 0.15) is 9.34 Å². The van der Waals surface area contributed by atoms with E-state index in [4.69, 9.17) is 11.6 Å². The molecule has 0 aliphatic carbocycles. The van der Waals surface area contributed by atoms with Crippen LogP contribution in [0.15, 0.2) is 30.5 Å². The number of rotatable bonds is 4. The van der Waals surface area contributed by atoms with Crippen molar-refractivity contribution in [2.45, 2.75) is 19.4 Å². The van der Waals surface area contributed by atoms with Crippen molar-refractivity contribution >= 4 is 34.3 Å². The van der Waals surface area contributed by atoms with E-state index < -0.39 is 0 Å². The molecule has 5 heteroatoms. The van der Waals surface area contributed by atoms with Crippen molar-refractivity contribution < 1.29 is 0 Å². The Morgan fingerprint density at radius 2 is 2.16 bits per heavy atom. The lowest BCUT2D eigenvalue weighted by Gasteiger charge is -2.18. The van der Waals surface area contributed by atoms with Crippen LogP contribution >= 0.6 is 22.9 Å². The van der Waals surface area contributed by atoms with Crippen LogP contribution in [0.25, 0.3) is 0 Å². The fourth-order valence-corrected chi connectivity index (χ4v) is 3.23. The zero-order chi connectivity index (χ0) is 13.1. The molecular weight excluding hydrogens is 278 g/mol. The first-order valence-corrected chi connectivity index (χ1v) is 7.70. The molecule has 1 aromatic heterocycles. The van der Waals surface area contributed by atoms with E-state index in [0.29, 0.717) is 0 Å². The molecule has 3 rings (SSSR count). The Bertz CT molecular complexity index is 549. The van der Waals surface area contributed by atoms with Gasteiger partial charge in [0, 0.05) is 24.5 Å². The van der Waals surface area contributed by atoms with Crippen molar-refractivity contribution in [1.29, 1.82) is 0 Å². The average Bonchev–Trinajstić information content (AvgIpc) is 3.08. The molecule has 19 heavy (non-hydrogen) atoms. The predicted molar refractivity (Wildman–Crippen MR) is 82.3 cm³/mol. The van der Waals surface area contributed by atoms with Gasteiger partial charge in [-0.25, -0.2) is 4.98 Å². The summed E-state index contributed by atoms with van der Waals surface area (Å²) in [5.41, 5.74) is 2.44. The summed E-state index contributed by atoms with van der Waals surface area (Å²) >= 11 is 7.39. The summed E-state index contributed by atoms with van der Waals surface area (Å²) in [6.45, 7) is 3.07. The molecule has 2 aromatic rings. The summed E-state index contributed by atoms with van der Waals surface area (Å²) in [5, 5.41) is 4.41. The molecule has 0 atom stereocenters. The van der Waals surface area contributed by atoms with Gasteiger partial charge in [0.2, 0.25) is 0 Å². The van der Waals surface area contributed by atoms with Gasteiger partial charge < -0.3 is 10.2 Å². The lowest BCUT2D eigenvalue weighted by Crippen LogP contribution is -2.17. The van der Waals surface area contributed by atoms with Gasteiger partial charge in [-0.05, 0) is 31.0 Å². The van der Waals surface area contributed by atoms with E-state index in [1.165, 1.54) is 43.0 Å². The molecule has 3 nitrogen and oxygen atoms in total. The standard InChI is InChI=1S/C14H16ClN3S/c15-13-9-17-14(19-13)10-16-11-4-3-5-12(8-11)18-6-1-2-7-18/h3-5,8-9,16H,1-2,6-7,10H2. The van der Waals surface area contributed by atoms with Crippen molar-refractivity contribution in [3.05, 3.63) is 39.8 Å². The van der Waals surface area contributed by atoms with Gasteiger partial charge in [0.05, 0.1) is 12.7 Å². The number of aromatic nitrogens is 1. The summed E-state index contributed by atoms with van der Waals surface area (Å²) < 4.78 is 0.739. The van der Waals surface area contributed by atoms with Crippen LogP contribution in [-0.2, 0) is 6.54 Å². The minimum Gasteiger partial charge on any atom is -0.378 e. The Kier molecular flexibility index (Phi) is 3.89. The Morgan fingerprint density at radius 1 is 1.32 bits per heavy atom. The van der Waals surface area contributed by atoms with Crippen LogP contribution in [0.3, 0.4) is 0 Å². The fourth-order valence-electron chi connectivity index (χ4n) is 2.34. The van der Waals surface area contributed by atoms with E-state index in [0.717, 1.165) is 21.6 Å². The monoisotopic (exact) mass is 293 g/mol. The highest BCUT2D eigenvalue weighted by molar-refractivity contribution is 7.15. The van der Waals surface area contributed by atoms with Crippen LogP contribution in [0.4, 0.5) is 11.4 Å². The lowest BCUT2D eigenvalue weighted by atomic mass is 10.2. The molecule has 100 valence electrons. The molecule has 2 heterocycles. The van der Waals surface area contributed by atoms with Crippen LogP contribution < -0.4 is 10.2 Å². The maximum atomic E-state index is 5.88. The molecule has 0 spiro atoms. The van der Waals surface area contributed by atoms with Crippen LogP contribution in [0, 0.1) is 0 Å². The first kappa shape index (κ1) is 12.8. The zero-order valence-electron chi connectivity index (χ0n) is 10.6. The molecule has 1 saturated heterocycles. The Labute approximate surface area is 122 Å². The normalized spacial score (nSPS) is 14.9. The second-order valence-electron chi connectivity index (χ2n) is 4.66. The molecule has 1 aliphatic rings. The Morgan fingerprint density at radius 3 is 2.89 bits per heavy atom. The first-order valence-electron chi connectivity index (χ1n) is 6.50. The highest BCUT2D eigenvalue weighted by Gasteiger charge is 2.12. The van der Waals surface area contributed by atoms with Crippen molar-refractivity contribution in [2.75, 3.05) is 23.3 Å². The summed E-state index contributed by atoms with van der Waals surface area (Å²) in [5.74, 6) is 0. The number of benzene rings is 1. The van der Waals surface area contributed by atoms with E-state index in [-0.39, 0.29) is 0 Å². The highest BCUT2D eigenvalue weighted by atomic mass is 35.5. The molecule has 1 aromatic carbocycles. The molecule has 0 amide bonds. The number of hydrogen-bond acceptors (Lipinski definition) is 4. The van der Waals surface area contributed by atoms with Crippen molar-refractivity contribution in [3.8, 4) is 0 Å². The number of nitrogens with one attached hydrogen (secondary N) is 1. The summed E-state index contributed by atoms with van der Waals surface area (Å²) in [7, 11) is 0. The van der Waals surface area contributed by atoms with Gasteiger partial charge in [-0.1, -0.05) is 17.7 Å². The van der Waals surface area contributed by atoms with Gasteiger partial charge in [-0.3, -0.25) is 0 Å². The zero-order valence-corrected chi connectivity index (χ0v) is 12.2. The molecule has 1 N–H and O–H groups in total. The quantitative estimate of drug-likeness (QED) is 0.923. The SMILES string of the molecule is Clc1cnc(CNc2cccc(N3CCCC3)c2)s1. The van der Waals surface area contributed by atoms with Crippen LogP contribution in [0.1, 0.15) is 17.8 Å². The molecule has 0 radical (unpaired) electrons. The third-order valence-corrected chi connectivity index (χ3v) is 4.40. The number of hydrogen-bond donors (Lipinski definition) is 1.